The fraction of sp³-hybridized carbons (Fsp3) is 0.400. The van der Waals surface area contributed by atoms with Crippen molar-refractivity contribution in [2.45, 2.75) is 18.5 Å². The lowest BCUT2D eigenvalue weighted by molar-refractivity contribution is -0.140. The smallest absolute Gasteiger partial charge is 0.320 e. The average Bonchev–Trinajstić information content (AvgIpc) is 2.18. The van der Waals surface area contributed by atoms with Gasteiger partial charge in [0.25, 0.3) is 0 Å². The number of carboxylic acids is 1. The summed E-state index contributed by atoms with van der Waals surface area (Å²) in [7, 11) is 0. The van der Waals surface area contributed by atoms with Crippen LogP contribution in [0.4, 0.5) is 0 Å². The van der Waals surface area contributed by atoms with E-state index in [-0.39, 0.29) is 18.2 Å². The topological polar surface area (TPSA) is 106 Å². The van der Waals surface area contributed by atoms with Crippen LogP contribution in [-0.2, 0) is 9.59 Å². The van der Waals surface area contributed by atoms with Gasteiger partial charge in [0.2, 0.25) is 0 Å². The van der Waals surface area contributed by atoms with Crippen molar-refractivity contribution in [1.29, 1.82) is 0 Å². The van der Waals surface area contributed by atoms with Crippen LogP contribution in [0.1, 0.15) is 6.42 Å². The first-order valence-corrected chi connectivity index (χ1v) is 4.64. The number of carbonyl (C=O) groups is 2. The number of hydrogen-bond acceptors (Lipinski definition) is 4. The standard InChI is InChI=1S/C10H14N2O3/c11-7-4-2-1-3-6(7)9(13)5-8(12)10(14)15/h1-4,6-8H,5,11-12H2,(H,14,15)/t6?,7?,8-/m0/s1. The van der Waals surface area contributed by atoms with E-state index in [9.17, 15) is 9.59 Å². The second kappa shape index (κ2) is 4.86. The maximum atomic E-state index is 11.6. The van der Waals surface area contributed by atoms with E-state index in [1.54, 1.807) is 24.3 Å². The van der Waals surface area contributed by atoms with Crippen molar-refractivity contribution in [3.05, 3.63) is 24.3 Å². The zero-order chi connectivity index (χ0) is 11.4. The molecule has 0 saturated carbocycles. The van der Waals surface area contributed by atoms with E-state index in [1.807, 2.05) is 0 Å². The van der Waals surface area contributed by atoms with Crippen molar-refractivity contribution < 1.29 is 14.7 Å². The van der Waals surface area contributed by atoms with Crippen molar-refractivity contribution in [3.63, 3.8) is 0 Å². The number of nitrogens with two attached hydrogens (primary N) is 2. The van der Waals surface area contributed by atoms with Crippen LogP contribution in [0.2, 0.25) is 0 Å². The zero-order valence-electron chi connectivity index (χ0n) is 8.17. The van der Waals surface area contributed by atoms with Crippen molar-refractivity contribution >= 4 is 11.8 Å². The predicted octanol–water partition coefficient (Wildman–Crippen LogP) is -0.573. The minimum absolute atomic E-state index is 0.189. The Morgan fingerprint density at radius 1 is 1.33 bits per heavy atom. The van der Waals surface area contributed by atoms with Crippen molar-refractivity contribution in [1.82, 2.24) is 0 Å². The molecule has 5 nitrogen and oxygen atoms in total. The maximum Gasteiger partial charge on any atom is 0.320 e. The minimum atomic E-state index is -1.17. The molecule has 0 spiro atoms. The van der Waals surface area contributed by atoms with Crippen LogP contribution < -0.4 is 11.5 Å². The second-order valence-electron chi connectivity index (χ2n) is 3.49. The molecule has 0 aliphatic heterocycles. The molecule has 0 fully saturated rings. The highest BCUT2D eigenvalue weighted by Gasteiger charge is 2.26. The molecule has 0 saturated heterocycles. The lowest BCUT2D eigenvalue weighted by Crippen LogP contribution is -2.39. The largest absolute Gasteiger partial charge is 0.480 e. The van der Waals surface area contributed by atoms with E-state index in [2.05, 4.69) is 0 Å². The van der Waals surface area contributed by atoms with Crippen molar-refractivity contribution in [3.8, 4) is 0 Å². The summed E-state index contributed by atoms with van der Waals surface area (Å²) in [5, 5.41) is 8.55. The van der Waals surface area contributed by atoms with Gasteiger partial charge in [-0.1, -0.05) is 24.3 Å². The van der Waals surface area contributed by atoms with Crippen LogP contribution in [0.5, 0.6) is 0 Å². The van der Waals surface area contributed by atoms with Gasteiger partial charge >= 0.3 is 5.97 Å². The highest BCUT2D eigenvalue weighted by Crippen LogP contribution is 2.14. The van der Waals surface area contributed by atoms with E-state index < -0.39 is 17.9 Å². The molecule has 1 aliphatic rings. The first kappa shape index (κ1) is 11.6. The Balaban J connectivity index is 2.57. The highest BCUT2D eigenvalue weighted by atomic mass is 16.4. The molecule has 15 heavy (non-hydrogen) atoms. The Labute approximate surface area is 87.4 Å². The Morgan fingerprint density at radius 3 is 2.47 bits per heavy atom. The Bertz CT molecular complexity index is 323. The van der Waals surface area contributed by atoms with Gasteiger partial charge in [0.05, 0.1) is 5.92 Å². The molecule has 82 valence electrons. The minimum Gasteiger partial charge on any atom is -0.480 e. The van der Waals surface area contributed by atoms with Crippen LogP contribution in [-0.4, -0.2) is 28.9 Å². The number of ketones is 1. The quantitative estimate of drug-likeness (QED) is 0.576. The molecule has 0 aromatic carbocycles. The fourth-order valence-corrected chi connectivity index (χ4v) is 1.39. The molecule has 2 unspecified atom stereocenters. The number of carbonyl (C=O) groups excluding carboxylic acids is 1. The predicted molar refractivity (Wildman–Crippen MR) is 55.0 cm³/mol. The number of Topliss-reactive ketones (excluding diaryl/α,β-unsaturated/α-hetero) is 1. The molecule has 0 amide bonds. The maximum absolute atomic E-state index is 11.6. The summed E-state index contributed by atoms with van der Waals surface area (Å²) < 4.78 is 0. The van der Waals surface area contributed by atoms with Crippen molar-refractivity contribution in [2.75, 3.05) is 0 Å². The first-order chi connectivity index (χ1) is 7.02. The number of allylic oxidation sites excluding steroid dienone is 2. The normalized spacial score (nSPS) is 26.3. The molecule has 1 rings (SSSR count). The molecule has 0 bridgehead atoms. The van der Waals surface area contributed by atoms with Gasteiger partial charge in [0, 0.05) is 12.5 Å². The first-order valence-electron chi connectivity index (χ1n) is 4.64. The Kier molecular flexibility index (Phi) is 3.76. The summed E-state index contributed by atoms with van der Waals surface area (Å²) >= 11 is 0. The monoisotopic (exact) mass is 210 g/mol. The molecule has 0 heterocycles. The third-order valence-electron chi connectivity index (χ3n) is 2.29. The molecule has 0 radical (unpaired) electrons. The van der Waals surface area contributed by atoms with Gasteiger partial charge in [-0.25, -0.2) is 0 Å². The third-order valence-corrected chi connectivity index (χ3v) is 2.29. The number of rotatable bonds is 4. The zero-order valence-corrected chi connectivity index (χ0v) is 8.17. The van der Waals surface area contributed by atoms with Crippen LogP contribution >= 0.6 is 0 Å². The Hall–Kier alpha value is -1.46. The summed E-state index contributed by atoms with van der Waals surface area (Å²) in [4.78, 5) is 22.1. The van der Waals surface area contributed by atoms with E-state index in [0.717, 1.165) is 0 Å². The lowest BCUT2D eigenvalue weighted by atomic mass is 9.89. The molecule has 3 atom stereocenters. The molecule has 5 heteroatoms. The lowest BCUT2D eigenvalue weighted by Gasteiger charge is -2.19. The summed E-state index contributed by atoms with van der Waals surface area (Å²) in [5.74, 6) is -1.87. The average molecular weight is 210 g/mol. The Morgan fingerprint density at radius 2 is 1.93 bits per heavy atom. The summed E-state index contributed by atoms with van der Waals surface area (Å²) in [6.45, 7) is 0. The second-order valence-corrected chi connectivity index (χ2v) is 3.49. The van der Waals surface area contributed by atoms with Gasteiger partial charge in [-0.2, -0.15) is 0 Å². The molecule has 0 aromatic heterocycles. The fourth-order valence-electron chi connectivity index (χ4n) is 1.39. The van der Waals surface area contributed by atoms with Crippen molar-refractivity contribution in [2.24, 2.45) is 17.4 Å². The van der Waals surface area contributed by atoms with Gasteiger partial charge in [-0.3, -0.25) is 9.59 Å². The van der Waals surface area contributed by atoms with Gasteiger partial charge in [-0.15, -0.1) is 0 Å². The molecular formula is C10H14N2O3. The van der Waals surface area contributed by atoms with Crippen LogP contribution in [0.25, 0.3) is 0 Å². The molecule has 1 aliphatic carbocycles. The van der Waals surface area contributed by atoms with Gasteiger partial charge in [0.1, 0.15) is 11.8 Å². The number of carboxylic acid groups (broad SMARTS) is 1. The number of aliphatic carboxylic acids is 1. The van der Waals surface area contributed by atoms with E-state index in [0.29, 0.717) is 0 Å². The third kappa shape index (κ3) is 3.00. The van der Waals surface area contributed by atoms with Crippen LogP contribution in [0, 0.1) is 5.92 Å². The van der Waals surface area contributed by atoms with E-state index in [1.165, 1.54) is 0 Å². The molecular weight excluding hydrogens is 196 g/mol. The summed E-state index contributed by atoms with van der Waals surface area (Å²) in [6, 6.07) is -1.53. The molecule has 5 N–H and O–H groups in total. The van der Waals surface area contributed by atoms with E-state index in [4.69, 9.17) is 16.6 Å². The van der Waals surface area contributed by atoms with Gasteiger partial charge in [-0.05, 0) is 0 Å². The van der Waals surface area contributed by atoms with Crippen LogP contribution in [0.15, 0.2) is 24.3 Å². The number of hydrogen-bond donors (Lipinski definition) is 3. The SMILES string of the molecule is NC1C=CC=CC1C(=O)C[C@H](N)C(=O)O. The molecule has 0 aromatic rings. The van der Waals surface area contributed by atoms with E-state index >= 15 is 0 Å². The van der Waals surface area contributed by atoms with Gasteiger partial charge in [0.15, 0.2) is 0 Å². The summed E-state index contributed by atoms with van der Waals surface area (Å²) in [6.07, 6.45) is 6.66. The summed E-state index contributed by atoms with van der Waals surface area (Å²) in [5.41, 5.74) is 11.0. The highest BCUT2D eigenvalue weighted by molar-refractivity contribution is 5.89. The van der Waals surface area contributed by atoms with Crippen LogP contribution in [0.3, 0.4) is 0 Å². The van der Waals surface area contributed by atoms with Gasteiger partial charge < -0.3 is 16.6 Å².